The first-order valence-corrected chi connectivity index (χ1v) is 12.1. The molecule has 0 aliphatic rings. The molecule has 0 spiro atoms. The Hall–Kier alpha value is -2.58. The fraction of sp³-hybridized carbons (Fsp3) is 0.375. The molecule has 33 heavy (non-hydrogen) atoms. The van der Waals surface area contributed by atoms with Gasteiger partial charge in [0.1, 0.15) is 11.6 Å². The third kappa shape index (κ3) is 6.48. The van der Waals surface area contributed by atoms with E-state index in [1.807, 2.05) is 37.5 Å². The van der Waals surface area contributed by atoms with Gasteiger partial charge < -0.3 is 14.6 Å². The molecule has 2 aromatic carbocycles. The molecule has 1 atom stereocenters. The summed E-state index contributed by atoms with van der Waals surface area (Å²) < 4.78 is 22.0. The summed E-state index contributed by atoms with van der Waals surface area (Å²) in [6, 6.07) is 12.2. The first kappa shape index (κ1) is 25.1. The van der Waals surface area contributed by atoms with Crippen molar-refractivity contribution in [3.63, 3.8) is 0 Å². The van der Waals surface area contributed by atoms with Gasteiger partial charge in [0.05, 0.1) is 11.4 Å². The van der Waals surface area contributed by atoms with Gasteiger partial charge in [-0.3, -0.25) is 4.79 Å². The number of rotatable bonds is 9. The van der Waals surface area contributed by atoms with E-state index >= 15 is 0 Å². The van der Waals surface area contributed by atoms with Gasteiger partial charge in [-0.2, -0.15) is 0 Å². The lowest BCUT2D eigenvalue weighted by Gasteiger charge is -2.19. The number of aromatic nitrogens is 3. The van der Waals surface area contributed by atoms with Crippen molar-refractivity contribution < 1.29 is 13.9 Å². The maximum atomic E-state index is 13.9. The van der Waals surface area contributed by atoms with Gasteiger partial charge in [-0.25, -0.2) is 4.39 Å². The van der Waals surface area contributed by atoms with Crippen LogP contribution < -0.4 is 10.1 Å². The van der Waals surface area contributed by atoms with Crippen molar-refractivity contribution in [2.24, 2.45) is 0 Å². The number of benzene rings is 2. The molecule has 0 saturated carbocycles. The minimum atomic E-state index is -0.583. The maximum Gasteiger partial charge on any atom is 0.234 e. The topological polar surface area (TPSA) is 69.0 Å². The number of nitrogens with one attached hydrogen (secondary N) is 1. The highest BCUT2D eigenvalue weighted by atomic mass is 35.5. The van der Waals surface area contributed by atoms with Crippen LogP contribution in [0.25, 0.3) is 0 Å². The molecule has 6 nitrogen and oxygen atoms in total. The van der Waals surface area contributed by atoms with Crippen LogP contribution in [-0.2, 0) is 4.79 Å². The molecule has 9 heteroatoms. The number of carbonyl (C=O) groups excluding carboxylic acids is 1. The fourth-order valence-electron chi connectivity index (χ4n) is 3.24. The van der Waals surface area contributed by atoms with E-state index in [9.17, 15) is 9.18 Å². The van der Waals surface area contributed by atoms with E-state index in [1.165, 1.54) is 29.5 Å². The number of hydrogen-bond acceptors (Lipinski definition) is 5. The van der Waals surface area contributed by atoms with Gasteiger partial charge in [0.15, 0.2) is 17.1 Å². The number of halogens is 2. The molecule has 1 aromatic heterocycles. The SMILES string of the molecule is CC(C)c1ccc(OC(C)c2nnc(SCC(=O)Nc3ccc(Cl)cc3F)n2C(C)C)cc1. The summed E-state index contributed by atoms with van der Waals surface area (Å²) in [5.74, 6) is 0.997. The van der Waals surface area contributed by atoms with Crippen molar-refractivity contribution >= 4 is 35.0 Å². The Morgan fingerprint density at radius 2 is 1.82 bits per heavy atom. The monoisotopic (exact) mass is 490 g/mol. The normalized spacial score (nSPS) is 12.3. The average molecular weight is 491 g/mol. The van der Waals surface area contributed by atoms with Gasteiger partial charge >= 0.3 is 0 Å². The summed E-state index contributed by atoms with van der Waals surface area (Å²) in [6.07, 6.45) is -0.337. The Kier molecular flexibility index (Phi) is 8.37. The number of amides is 1. The van der Waals surface area contributed by atoms with Crippen LogP contribution in [-0.4, -0.2) is 26.4 Å². The third-order valence-corrected chi connectivity index (χ3v) is 6.15. The third-order valence-electron chi connectivity index (χ3n) is 4.97. The lowest BCUT2D eigenvalue weighted by molar-refractivity contribution is -0.113. The van der Waals surface area contributed by atoms with E-state index in [2.05, 4.69) is 41.5 Å². The molecule has 1 unspecified atom stereocenters. The van der Waals surface area contributed by atoms with Crippen LogP contribution in [0.1, 0.15) is 64.1 Å². The molecule has 0 saturated heterocycles. The summed E-state index contributed by atoms with van der Waals surface area (Å²) in [6.45, 7) is 10.3. The molecule has 1 N–H and O–H groups in total. The summed E-state index contributed by atoms with van der Waals surface area (Å²) in [7, 11) is 0. The van der Waals surface area contributed by atoms with Gasteiger partial charge in [-0.1, -0.05) is 49.3 Å². The molecule has 0 fully saturated rings. The molecule has 0 aliphatic carbocycles. The molecule has 0 radical (unpaired) electrons. The van der Waals surface area contributed by atoms with Crippen molar-refractivity contribution in [3.05, 3.63) is 64.7 Å². The van der Waals surface area contributed by atoms with Gasteiger partial charge in [-0.15, -0.1) is 10.2 Å². The van der Waals surface area contributed by atoms with Crippen LogP contribution in [0, 0.1) is 5.82 Å². The Labute approximate surface area is 202 Å². The van der Waals surface area contributed by atoms with E-state index in [0.29, 0.717) is 16.9 Å². The van der Waals surface area contributed by atoms with Crippen molar-refractivity contribution in [1.82, 2.24) is 14.8 Å². The van der Waals surface area contributed by atoms with Gasteiger partial charge in [0.2, 0.25) is 5.91 Å². The minimum Gasteiger partial charge on any atom is -0.483 e. The molecule has 3 rings (SSSR count). The summed E-state index contributed by atoms with van der Waals surface area (Å²) in [5.41, 5.74) is 1.33. The van der Waals surface area contributed by atoms with Crippen LogP contribution >= 0.6 is 23.4 Å². The standard InChI is InChI=1S/C24H28ClFN4O2S/c1-14(2)17-6-9-19(10-7-17)32-16(5)23-28-29-24(30(23)15(3)4)33-13-22(31)27-21-11-8-18(25)12-20(21)26/h6-12,14-16H,13H2,1-5H3,(H,27,31). The lowest BCUT2D eigenvalue weighted by atomic mass is 10.0. The van der Waals surface area contributed by atoms with Gasteiger partial charge in [-0.05, 0) is 62.6 Å². The summed E-state index contributed by atoms with van der Waals surface area (Å²) in [5, 5.41) is 12.0. The molecule has 176 valence electrons. The van der Waals surface area contributed by atoms with E-state index in [4.69, 9.17) is 16.3 Å². The molecular formula is C24H28ClFN4O2S. The zero-order valence-corrected chi connectivity index (χ0v) is 20.9. The molecule has 1 amide bonds. The maximum absolute atomic E-state index is 13.9. The second-order valence-corrected chi connectivity index (χ2v) is 9.63. The molecule has 1 heterocycles. The molecular weight excluding hydrogens is 463 g/mol. The van der Waals surface area contributed by atoms with Crippen LogP contribution in [0.15, 0.2) is 47.6 Å². The van der Waals surface area contributed by atoms with Crippen LogP contribution in [0.2, 0.25) is 5.02 Å². The van der Waals surface area contributed by atoms with Crippen molar-refractivity contribution in [3.8, 4) is 5.75 Å². The average Bonchev–Trinajstić information content (AvgIpc) is 3.19. The quantitative estimate of drug-likeness (QED) is 0.340. The smallest absolute Gasteiger partial charge is 0.234 e. The van der Waals surface area contributed by atoms with Crippen LogP contribution in [0.4, 0.5) is 10.1 Å². The van der Waals surface area contributed by atoms with Crippen LogP contribution in [0.5, 0.6) is 5.75 Å². The predicted octanol–water partition coefficient (Wildman–Crippen LogP) is 6.65. The Bertz CT molecular complexity index is 1100. The van der Waals surface area contributed by atoms with E-state index < -0.39 is 5.82 Å². The van der Waals surface area contributed by atoms with Crippen molar-refractivity contribution in [2.75, 3.05) is 11.1 Å². The van der Waals surface area contributed by atoms with E-state index in [-0.39, 0.29) is 34.5 Å². The van der Waals surface area contributed by atoms with E-state index in [0.717, 1.165) is 11.8 Å². The summed E-state index contributed by atoms with van der Waals surface area (Å²) >= 11 is 6.99. The Morgan fingerprint density at radius 3 is 2.42 bits per heavy atom. The van der Waals surface area contributed by atoms with E-state index in [1.54, 1.807) is 0 Å². The Morgan fingerprint density at radius 1 is 1.12 bits per heavy atom. The van der Waals surface area contributed by atoms with Gasteiger partial charge in [0.25, 0.3) is 0 Å². The first-order chi connectivity index (χ1) is 15.7. The zero-order valence-electron chi connectivity index (χ0n) is 19.3. The second-order valence-electron chi connectivity index (χ2n) is 8.25. The van der Waals surface area contributed by atoms with Crippen LogP contribution in [0.3, 0.4) is 0 Å². The largest absolute Gasteiger partial charge is 0.483 e. The highest BCUT2D eigenvalue weighted by Crippen LogP contribution is 2.28. The molecule has 0 bridgehead atoms. The highest BCUT2D eigenvalue weighted by molar-refractivity contribution is 7.99. The second kappa shape index (κ2) is 11.0. The number of nitrogens with zero attached hydrogens (tertiary/aromatic N) is 3. The fourth-order valence-corrected chi connectivity index (χ4v) is 4.28. The highest BCUT2D eigenvalue weighted by Gasteiger charge is 2.22. The first-order valence-electron chi connectivity index (χ1n) is 10.7. The minimum absolute atomic E-state index is 0.0544. The predicted molar refractivity (Wildman–Crippen MR) is 131 cm³/mol. The van der Waals surface area contributed by atoms with Crippen molar-refractivity contribution in [2.45, 2.75) is 57.8 Å². The number of hydrogen-bond donors (Lipinski definition) is 1. The van der Waals surface area contributed by atoms with Crippen molar-refractivity contribution in [1.29, 1.82) is 0 Å². The number of anilines is 1. The number of thioether (sulfide) groups is 1. The Balaban J connectivity index is 1.67. The molecule has 0 aliphatic heterocycles. The molecule has 3 aromatic rings. The summed E-state index contributed by atoms with van der Waals surface area (Å²) in [4.78, 5) is 12.3. The number of carbonyl (C=O) groups is 1. The lowest BCUT2D eigenvalue weighted by Crippen LogP contribution is -2.17. The zero-order chi connectivity index (χ0) is 24.1. The number of ether oxygens (including phenoxy) is 1. The van der Waals surface area contributed by atoms with Gasteiger partial charge in [0, 0.05) is 11.1 Å².